The van der Waals surface area contributed by atoms with E-state index in [0.717, 1.165) is 0 Å². The molecule has 0 aliphatic carbocycles. The monoisotopic (exact) mass is 315 g/mol. The van der Waals surface area contributed by atoms with Gasteiger partial charge in [-0.3, -0.25) is 0 Å². The Kier molecular flexibility index (Phi) is 3.94. The summed E-state index contributed by atoms with van der Waals surface area (Å²) in [5.74, 6) is -1.54. The summed E-state index contributed by atoms with van der Waals surface area (Å²) in [6.45, 7) is 0. The average Bonchev–Trinajstić information content (AvgIpc) is 1.97. The van der Waals surface area contributed by atoms with Gasteiger partial charge in [0.2, 0.25) is 11.1 Å². The zero-order valence-electron chi connectivity index (χ0n) is 6.90. The van der Waals surface area contributed by atoms with Crippen molar-refractivity contribution in [1.82, 2.24) is 15.0 Å². The number of aromatic nitrogens is 3. The maximum Gasteiger partial charge on any atom is 0.451 e. The molecule has 0 aliphatic rings. The van der Waals surface area contributed by atoms with Crippen molar-refractivity contribution in [1.29, 1.82) is 0 Å². The standard InChI is InChI=1S/C5Cl4F3N3O/c6-2-13-1(4(10,11)12)14-3(15-2)16-5(7,8)9. The number of hydrogen-bond acceptors (Lipinski definition) is 4. The second kappa shape index (κ2) is 4.56. The average molecular weight is 317 g/mol. The Hall–Kier alpha value is -0.240. The molecule has 0 fully saturated rings. The Morgan fingerprint density at radius 2 is 1.56 bits per heavy atom. The van der Waals surface area contributed by atoms with Crippen LogP contribution in [0.5, 0.6) is 6.01 Å². The highest BCUT2D eigenvalue weighted by molar-refractivity contribution is 6.66. The Balaban J connectivity index is 3.09. The molecule has 0 radical (unpaired) electrons. The molecule has 0 saturated heterocycles. The largest absolute Gasteiger partial charge is 0.451 e. The van der Waals surface area contributed by atoms with Gasteiger partial charge in [0.1, 0.15) is 0 Å². The van der Waals surface area contributed by atoms with Gasteiger partial charge < -0.3 is 4.74 Å². The smallest absolute Gasteiger partial charge is 0.412 e. The van der Waals surface area contributed by atoms with Crippen LogP contribution in [0.2, 0.25) is 5.28 Å². The van der Waals surface area contributed by atoms with Gasteiger partial charge in [0.25, 0.3) is 0 Å². The first kappa shape index (κ1) is 13.8. The van der Waals surface area contributed by atoms with Crippen LogP contribution in [0.15, 0.2) is 0 Å². The van der Waals surface area contributed by atoms with Crippen LogP contribution in [0.25, 0.3) is 0 Å². The second-order valence-electron chi connectivity index (χ2n) is 2.26. The molecule has 90 valence electrons. The Bertz CT molecular complexity index is 393. The van der Waals surface area contributed by atoms with Crippen molar-refractivity contribution in [3.05, 3.63) is 11.1 Å². The molecule has 0 saturated carbocycles. The van der Waals surface area contributed by atoms with Crippen molar-refractivity contribution in [2.75, 3.05) is 0 Å². The summed E-state index contributed by atoms with van der Waals surface area (Å²) in [4.78, 5) is 8.93. The van der Waals surface area contributed by atoms with Crippen LogP contribution in [0.3, 0.4) is 0 Å². The topological polar surface area (TPSA) is 47.9 Å². The van der Waals surface area contributed by atoms with Crippen LogP contribution >= 0.6 is 46.4 Å². The highest BCUT2D eigenvalue weighted by Gasteiger charge is 2.36. The highest BCUT2D eigenvalue weighted by atomic mass is 35.6. The lowest BCUT2D eigenvalue weighted by Gasteiger charge is -2.12. The molecule has 11 heteroatoms. The molecule has 16 heavy (non-hydrogen) atoms. The number of halogens is 7. The van der Waals surface area contributed by atoms with Gasteiger partial charge in [0, 0.05) is 0 Å². The molecule has 1 aromatic rings. The first-order valence-electron chi connectivity index (χ1n) is 3.32. The van der Waals surface area contributed by atoms with Crippen LogP contribution in [-0.2, 0) is 6.18 Å². The van der Waals surface area contributed by atoms with Crippen molar-refractivity contribution in [3.63, 3.8) is 0 Å². The van der Waals surface area contributed by atoms with E-state index in [-0.39, 0.29) is 0 Å². The summed E-state index contributed by atoms with van der Waals surface area (Å²) in [7, 11) is 0. The maximum atomic E-state index is 12.2. The molecular formula is C5Cl4F3N3O. The minimum Gasteiger partial charge on any atom is -0.412 e. The number of alkyl halides is 6. The fourth-order valence-corrected chi connectivity index (χ4v) is 0.967. The Morgan fingerprint density at radius 3 is 2.00 bits per heavy atom. The van der Waals surface area contributed by atoms with E-state index in [4.69, 9.17) is 46.4 Å². The van der Waals surface area contributed by atoms with Gasteiger partial charge in [0.05, 0.1) is 0 Å². The van der Waals surface area contributed by atoms with E-state index >= 15 is 0 Å². The molecule has 1 heterocycles. The lowest BCUT2D eigenvalue weighted by Crippen LogP contribution is -2.18. The summed E-state index contributed by atoms with van der Waals surface area (Å²) in [5, 5.41) is -0.730. The third kappa shape index (κ3) is 4.32. The molecule has 0 aliphatic heterocycles. The van der Waals surface area contributed by atoms with E-state index < -0.39 is 27.3 Å². The van der Waals surface area contributed by atoms with E-state index in [1.807, 2.05) is 0 Å². The lowest BCUT2D eigenvalue weighted by molar-refractivity contribution is -0.145. The third-order valence-electron chi connectivity index (χ3n) is 1.05. The third-order valence-corrected chi connectivity index (χ3v) is 1.45. The minimum absolute atomic E-state index is 0.730. The number of hydrogen-bond donors (Lipinski definition) is 0. The van der Waals surface area contributed by atoms with Crippen molar-refractivity contribution < 1.29 is 17.9 Å². The van der Waals surface area contributed by atoms with Crippen molar-refractivity contribution in [2.45, 2.75) is 10.2 Å². The first-order chi connectivity index (χ1) is 7.08. The van der Waals surface area contributed by atoms with Gasteiger partial charge in [-0.15, -0.1) is 0 Å². The molecule has 1 rings (SSSR count). The quantitative estimate of drug-likeness (QED) is 0.746. The van der Waals surface area contributed by atoms with Gasteiger partial charge in [-0.05, 0) is 46.4 Å². The van der Waals surface area contributed by atoms with Crippen LogP contribution in [0.4, 0.5) is 13.2 Å². The predicted octanol–water partition coefficient (Wildman–Crippen LogP) is 3.25. The molecule has 4 nitrogen and oxygen atoms in total. The molecule has 0 atom stereocenters. The van der Waals surface area contributed by atoms with Gasteiger partial charge >= 0.3 is 16.2 Å². The minimum atomic E-state index is -4.81. The van der Waals surface area contributed by atoms with Crippen LogP contribution in [0, 0.1) is 0 Å². The zero-order valence-corrected chi connectivity index (χ0v) is 9.92. The van der Waals surface area contributed by atoms with E-state index in [9.17, 15) is 13.2 Å². The zero-order chi connectivity index (χ0) is 12.6. The van der Waals surface area contributed by atoms with E-state index in [1.165, 1.54) is 0 Å². The fraction of sp³-hybridized carbons (Fsp3) is 0.400. The van der Waals surface area contributed by atoms with E-state index in [1.54, 1.807) is 0 Å². The lowest BCUT2D eigenvalue weighted by atomic mass is 10.6. The van der Waals surface area contributed by atoms with Crippen LogP contribution < -0.4 is 4.74 Å². The number of nitrogens with zero attached hydrogens (tertiary/aromatic N) is 3. The summed E-state index contributed by atoms with van der Waals surface area (Å²) in [5.41, 5.74) is 0. The SMILES string of the molecule is FC(F)(F)c1nc(Cl)nc(OC(Cl)(Cl)Cl)n1. The molecular weight excluding hydrogens is 317 g/mol. The second-order valence-corrected chi connectivity index (χ2v) is 4.77. The molecule has 0 aromatic carbocycles. The van der Waals surface area contributed by atoms with Gasteiger partial charge in [-0.1, -0.05) is 0 Å². The van der Waals surface area contributed by atoms with Crippen LogP contribution in [-0.4, -0.2) is 18.9 Å². The number of rotatable bonds is 1. The summed E-state index contributed by atoms with van der Waals surface area (Å²) in [6.07, 6.45) is -4.81. The maximum absolute atomic E-state index is 12.2. The molecule has 0 bridgehead atoms. The Morgan fingerprint density at radius 1 is 1.00 bits per heavy atom. The van der Waals surface area contributed by atoms with E-state index in [2.05, 4.69) is 19.7 Å². The molecule has 0 spiro atoms. The highest BCUT2D eigenvalue weighted by Crippen LogP contribution is 2.31. The summed E-state index contributed by atoms with van der Waals surface area (Å²) in [6, 6.07) is -0.840. The van der Waals surface area contributed by atoms with Gasteiger partial charge in [-0.25, -0.2) is 0 Å². The normalized spacial score (nSPS) is 12.7. The van der Waals surface area contributed by atoms with Crippen molar-refractivity contribution in [2.24, 2.45) is 0 Å². The van der Waals surface area contributed by atoms with Gasteiger partial charge in [-0.2, -0.15) is 28.1 Å². The number of ether oxygens (including phenoxy) is 1. The van der Waals surface area contributed by atoms with E-state index in [0.29, 0.717) is 0 Å². The Labute approximate surface area is 107 Å². The van der Waals surface area contributed by atoms with Crippen molar-refractivity contribution in [3.8, 4) is 6.01 Å². The fourth-order valence-electron chi connectivity index (χ4n) is 0.608. The van der Waals surface area contributed by atoms with Crippen LogP contribution in [0.1, 0.15) is 5.82 Å². The van der Waals surface area contributed by atoms with Crippen molar-refractivity contribution >= 4 is 46.4 Å². The molecule has 0 amide bonds. The molecule has 0 unspecified atom stereocenters. The van der Waals surface area contributed by atoms with Gasteiger partial charge in [0.15, 0.2) is 0 Å². The molecule has 1 aromatic heterocycles. The molecule has 0 N–H and O–H groups in total. The first-order valence-corrected chi connectivity index (χ1v) is 4.83. The predicted molar refractivity (Wildman–Crippen MR) is 50.8 cm³/mol. The summed E-state index contributed by atoms with van der Waals surface area (Å²) < 4.78 is 38.7. The summed E-state index contributed by atoms with van der Waals surface area (Å²) >= 11 is 20.7.